The van der Waals surface area contributed by atoms with Crippen LogP contribution in [-0.2, 0) is 6.54 Å². The quantitative estimate of drug-likeness (QED) is 0.489. The predicted molar refractivity (Wildman–Crippen MR) is 122 cm³/mol. The number of amides is 3. The second kappa shape index (κ2) is 10.1. The SMILES string of the molecule is CNC(=O)NNC(=O)c1nc(NCCC2CCC2)c2c(ncn2CC2CCC(C)CC2)n1. The Morgan fingerprint density at radius 1 is 1.06 bits per heavy atom. The molecule has 0 aliphatic heterocycles. The molecule has 174 valence electrons. The molecular formula is C22H34N8O2. The zero-order valence-corrected chi connectivity index (χ0v) is 19.0. The summed E-state index contributed by atoms with van der Waals surface area (Å²) in [6, 6.07) is -0.524. The van der Waals surface area contributed by atoms with Gasteiger partial charge < -0.3 is 15.2 Å². The summed E-state index contributed by atoms with van der Waals surface area (Å²) in [5, 5.41) is 5.81. The molecule has 2 heterocycles. The third kappa shape index (κ3) is 5.28. The van der Waals surface area contributed by atoms with Crippen LogP contribution in [0.15, 0.2) is 6.33 Å². The number of fused-ring (bicyclic) bond motifs is 1. The third-order valence-corrected chi connectivity index (χ3v) is 6.85. The largest absolute Gasteiger partial charge is 0.368 e. The first-order chi connectivity index (χ1) is 15.5. The number of urea groups is 1. The molecule has 0 unspecified atom stereocenters. The third-order valence-electron chi connectivity index (χ3n) is 6.85. The van der Waals surface area contributed by atoms with Crippen molar-refractivity contribution in [2.24, 2.45) is 17.8 Å². The van der Waals surface area contributed by atoms with Crippen molar-refractivity contribution in [3.8, 4) is 0 Å². The predicted octanol–water partition coefficient (Wildman–Crippen LogP) is 2.83. The summed E-state index contributed by atoms with van der Waals surface area (Å²) in [6.07, 6.45) is 11.8. The summed E-state index contributed by atoms with van der Waals surface area (Å²) >= 11 is 0. The number of anilines is 1. The highest BCUT2D eigenvalue weighted by Crippen LogP contribution is 2.32. The molecule has 2 fully saturated rings. The van der Waals surface area contributed by atoms with E-state index in [1.54, 1.807) is 6.33 Å². The molecule has 0 spiro atoms. The molecule has 0 bridgehead atoms. The molecule has 0 aromatic carbocycles. The monoisotopic (exact) mass is 442 g/mol. The normalized spacial score (nSPS) is 21.1. The maximum Gasteiger partial charge on any atom is 0.333 e. The molecule has 2 saturated carbocycles. The van der Waals surface area contributed by atoms with Crippen molar-refractivity contribution in [1.29, 1.82) is 0 Å². The minimum absolute atomic E-state index is 0.0308. The van der Waals surface area contributed by atoms with Crippen molar-refractivity contribution >= 4 is 28.9 Å². The molecule has 2 aromatic rings. The van der Waals surface area contributed by atoms with Crippen LogP contribution in [0.2, 0.25) is 0 Å². The van der Waals surface area contributed by atoms with Crippen LogP contribution in [0.3, 0.4) is 0 Å². The average molecular weight is 443 g/mol. The van der Waals surface area contributed by atoms with Gasteiger partial charge in [-0.2, -0.15) is 0 Å². The van der Waals surface area contributed by atoms with Gasteiger partial charge in [0.15, 0.2) is 11.5 Å². The first-order valence-electron chi connectivity index (χ1n) is 11.8. The summed E-state index contributed by atoms with van der Waals surface area (Å²) in [6.45, 7) is 4.00. The maximum absolute atomic E-state index is 12.5. The number of carbonyl (C=O) groups excluding carboxylic acids is 2. The number of hydrazine groups is 1. The van der Waals surface area contributed by atoms with E-state index in [1.807, 2.05) is 0 Å². The fraction of sp³-hybridized carbons (Fsp3) is 0.682. The minimum atomic E-state index is -0.589. The van der Waals surface area contributed by atoms with Crippen molar-refractivity contribution in [2.45, 2.75) is 64.8 Å². The number of hydrogen-bond acceptors (Lipinski definition) is 6. The van der Waals surface area contributed by atoms with Crippen LogP contribution in [0.4, 0.5) is 10.6 Å². The molecule has 2 aliphatic rings. The molecule has 0 radical (unpaired) electrons. The van der Waals surface area contributed by atoms with E-state index < -0.39 is 11.9 Å². The van der Waals surface area contributed by atoms with Crippen molar-refractivity contribution < 1.29 is 9.59 Å². The topological polar surface area (TPSA) is 126 Å². The fourth-order valence-electron chi connectivity index (χ4n) is 4.54. The molecule has 3 amide bonds. The van der Waals surface area contributed by atoms with Gasteiger partial charge in [0.05, 0.1) is 6.33 Å². The lowest BCUT2D eigenvalue weighted by molar-refractivity contribution is 0.0926. The lowest BCUT2D eigenvalue weighted by Gasteiger charge is -2.27. The summed E-state index contributed by atoms with van der Waals surface area (Å²) < 4.78 is 2.13. The van der Waals surface area contributed by atoms with Crippen LogP contribution in [0, 0.1) is 17.8 Å². The molecule has 0 atom stereocenters. The van der Waals surface area contributed by atoms with Gasteiger partial charge in [-0.25, -0.2) is 25.2 Å². The molecular weight excluding hydrogens is 408 g/mol. The summed E-state index contributed by atoms with van der Waals surface area (Å²) in [5.41, 5.74) is 5.91. The van der Waals surface area contributed by atoms with Crippen LogP contribution in [-0.4, -0.2) is 45.0 Å². The van der Waals surface area contributed by atoms with Crippen LogP contribution in [0.5, 0.6) is 0 Å². The lowest BCUT2D eigenvalue weighted by Crippen LogP contribution is -2.46. The average Bonchev–Trinajstić information content (AvgIpc) is 3.17. The van der Waals surface area contributed by atoms with Gasteiger partial charge in [0.25, 0.3) is 0 Å². The second-order valence-corrected chi connectivity index (χ2v) is 9.26. The van der Waals surface area contributed by atoms with Gasteiger partial charge in [0, 0.05) is 20.1 Å². The summed E-state index contributed by atoms with van der Waals surface area (Å²) in [4.78, 5) is 37.2. The number of nitrogens with zero attached hydrogens (tertiary/aromatic N) is 4. The van der Waals surface area contributed by atoms with E-state index in [4.69, 9.17) is 0 Å². The number of aromatic nitrogens is 4. The van der Waals surface area contributed by atoms with E-state index in [2.05, 4.69) is 47.9 Å². The first kappa shape index (κ1) is 22.3. The van der Waals surface area contributed by atoms with E-state index in [0.29, 0.717) is 17.4 Å². The molecule has 10 heteroatoms. The molecule has 0 saturated heterocycles. The number of imidazole rings is 1. The molecule has 2 aromatic heterocycles. The molecule has 32 heavy (non-hydrogen) atoms. The fourth-order valence-corrected chi connectivity index (χ4v) is 4.54. The molecule has 4 rings (SSSR count). The van der Waals surface area contributed by atoms with Crippen LogP contribution in [0.1, 0.15) is 68.9 Å². The Bertz CT molecular complexity index is 947. The summed E-state index contributed by atoms with van der Waals surface area (Å²) in [7, 11) is 1.47. The number of carbonyl (C=O) groups is 2. The van der Waals surface area contributed by atoms with Crippen LogP contribution >= 0.6 is 0 Å². The van der Waals surface area contributed by atoms with Crippen molar-refractivity contribution in [3.63, 3.8) is 0 Å². The maximum atomic E-state index is 12.5. The van der Waals surface area contributed by atoms with Gasteiger partial charge in [0.1, 0.15) is 5.52 Å². The lowest BCUT2D eigenvalue weighted by atomic mass is 9.83. The Labute approximate surface area is 188 Å². The zero-order valence-electron chi connectivity index (χ0n) is 19.0. The zero-order chi connectivity index (χ0) is 22.5. The highest BCUT2D eigenvalue weighted by molar-refractivity contribution is 5.95. The van der Waals surface area contributed by atoms with Gasteiger partial charge >= 0.3 is 11.9 Å². The van der Waals surface area contributed by atoms with E-state index in [9.17, 15) is 9.59 Å². The van der Waals surface area contributed by atoms with E-state index in [-0.39, 0.29) is 5.82 Å². The molecule has 2 aliphatic carbocycles. The Hall–Kier alpha value is -2.91. The summed E-state index contributed by atoms with van der Waals surface area (Å²) in [5.74, 6) is 2.20. The number of hydrogen-bond donors (Lipinski definition) is 4. The second-order valence-electron chi connectivity index (χ2n) is 9.26. The van der Waals surface area contributed by atoms with Crippen molar-refractivity contribution in [1.82, 2.24) is 35.7 Å². The molecule has 4 N–H and O–H groups in total. The minimum Gasteiger partial charge on any atom is -0.368 e. The van der Waals surface area contributed by atoms with Gasteiger partial charge in [-0.15, -0.1) is 0 Å². The molecule has 10 nitrogen and oxygen atoms in total. The van der Waals surface area contributed by atoms with E-state index in [0.717, 1.165) is 36.9 Å². The van der Waals surface area contributed by atoms with E-state index >= 15 is 0 Å². The standard InChI is InChI=1S/C22H34N8O2/c1-14-6-8-16(9-7-14)12-30-13-25-19-17(30)18(24-11-10-15-4-3-5-15)26-20(27-19)21(31)28-29-22(32)23-2/h13-16H,3-12H2,1-2H3,(H,28,31)(H2,23,29,32)(H,24,26,27). The Morgan fingerprint density at radius 2 is 1.84 bits per heavy atom. The van der Waals surface area contributed by atoms with Crippen LogP contribution < -0.4 is 21.5 Å². The van der Waals surface area contributed by atoms with Gasteiger partial charge in [-0.3, -0.25) is 10.2 Å². The highest BCUT2D eigenvalue weighted by Gasteiger charge is 2.23. The Balaban J connectivity index is 1.54. The Kier molecular flexibility index (Phi) is 7.06. The highest BCUT2D eigenvalue weighted by atomic mass is 16.2. The smallest absolute Gasteiger partial charge is 0.333 e. The number of nitrogens with one attached hydrogen (secondary N) is 4. The first-order valence-corrected chi connectivity index (χ1v) is 11.8. The number of rotatable bonds is 7. The van der Waals surface area contributed by atoms with Gasteiger partial charge in [-0.1, -0.05) is 39.0 Å². The Morgan fingerprint density at radius 3 is 2.53 bits per heavy atom. The van der Waals surface area contributed by atoms with Gasteiger partial charge in [0.2, 0.25) is 5.82 Å². The van der Waals surface area contributed by atoms with Crippen molar-refractivity contribution in [2.75, 3.05) is 18.9 Å². The van der Waals surface area contributed by atoms with Gasteiger partial charge in [-0.05, 0) is 37.0 Å². The van der Waals surface area contributed by atoms with E-state index in [1.165, 1.54) is 52.0 Å². The van der Waals surface area contributed by atoms with Crippen LogP contribution in [0.25, 0.3) is 11.2 Å². The van der Waals surface area contributed by atoms with Crippen molar-refractivity contribution in [3.05, 3.63) is 12.2 Å².